The topological polar surface area (TPSA) is 46.5 Å². The highest BCUT2D eigenvalue weighted by Gasteiger charge is 2.68. The van der Waals surface area contributed by atoms with Gasteiger partial charge in [-0.2, -0.15) is 0 Å². The van der Waals surface area contributed by atoms with Crippen molar-refractivity contribution >= 4 is 5.97 Å². The molecule has 0 bridgehead atoms. The van der Waals surface area contributed by atoms with E-state index < -0.39 is 0 Å². The van der Waals surface area contributed by atoms with Crippen LogP contribution in [0.5, 0.6) is 0 Å². The van der Waals surface area contributed by atoms with Gasteiger partial charge in [-0.1, -0.05) is 130 Å². The average Bonchev–Trinajstić information content (AvgIpc) is 3.08. The van der Waals surface area contributed by atoms with Crippen LogP contribution in [0.1, 0.15) is 197 Å². The van der Waals surface area contributed by atoms with E-state index in [4.69, 9.17) is 4.74 Å². The monoisotopic (exact) mass is 705 g/mol. The van der Waals surface area contributed by atoms with Gasteiger partial charge in [-0.3, -0.25) is 4.79 Å². The maximum atomic E-state index is 13.2. The van der Waals surface area contributed by atoms with Crippen LogP contribution in [-0.2, 0) is 9.53 Å². The van der Waals surface area contributed by atoms with E-state index in [2.05, 4.69) is 85.8 Å². The predicted molar refractivity (Wildman–Crippen MR) is 215 cm³/mol. The third-order valence-corrected chi connectivity index (χ3v) is 16.7. The number of aliphatic hydroxyl groups is 1. The Labute approximate surface area is 315 Å². The van der Waals surface area contributed by atoms with Crippen molar-refractivity contribution < 1.29 is 14.6 Å². The highest BCUT2D eigenvalue weighted by molar-refractivity contribution is 5.69. The summed E-state index contributed by atoms with van der Waals surface area (Å²) in [6.07, 6.45) is 37.7. The number of fused-ring (bicyclic) bond motifs is 7. The standard InChI is InChI=1S/C48H80O3/c1-9-10-11-12-13-14-15-16-17-18-19-20-21-22-23-24-42(50)51-41-28-29-45(6)39(44(41,4)5)27-30-47(8)40(45)26-25-37-38-35-43(2,3)31-33-48(38,36-49)34-32-46(37,47)7/h14-17,25,38-41,49H,9-13,18-24,26-36H2,1-8H3/b15-14-,17-16-/t38-,39-,40+,41-,45-,46+,47+,48+/m0/s1. The van der Waals surface area contributed by atoms with E-state index in [1.165, 1.54) is 109 Å². The van der Waals surface area contributed by atoms with E-state index in [9.17, 15) is 9.90 Å². The second-order valence-electron chi connectivity index (χ2n) is 20.6. The summed E-state index contributed by atoms with van der Waals surface area (Å²) in [6.45, 7) is 20.4. The molecule has 3 nitrogen and oxygen atoms in total. The van der Waals surface area contributed by atoms with Crippen LogP contribution in [0, 0.1) is 50.2 Å². The zero-order chi connectivity index (χ0) is 37.0. The Morgan fingerprint density at radius 2 is 1.43 bits per heavy atom. The molecule has 290 valence electrons. The molecule has 0 amide bonds. The first-order valence-electron chi connectivity index (χ1n) is 22.0. The molecule has 8 atom stereocenters. The van der Waals surface area contributed by atoms with Gasteiger partial charge in [-0.15, -0.1) is 0 Å². The Morgan fingerprint density at radius 3 is 2.12 bits per heavy atom. The zero-order valence-electron chi connectivity index (χ0n) is 34.7. The van der Waals surface area contributed by atoms with E-state index in [0.717, 1.165) is 25.7 Å². The molecular formula is C48H80O3. The van der Waals surface area contributed by atoms with Crippen LogP contribution in [0.3, 0.4) is 0 Å². The lowest BCUT2D eigenvalue weighted by Crippen LogP contribution is -2.65. The van der Waals surface area contributed by atoms with Crippen LogP contribution in [0.15, 0.2) is 36.0 Å². The van der Waals surface area contributed by atoms with Crippen molar-refractivity contribution in [1.29, 1.82) is 0 Å². The molecule has 51 heavy (non-hydrogen) atoms. The van der Waals surface area contributed by atoms with Crippen molar-refractivity contribution in [1.82, 2.24) is 0 Å². The third-order valence-electron chi connectivity index (χ3n) is 16.7. The number of ether oxygens (including phenoxy) is 1. The Bertz CT molecular complexity index is 1250. The van der Waals surface area contributed by atoms with Gasteiger partial charge in [0.2, 0.25) is 0 Å². The van der Waals surface area contributed by atoms with Gasteiger partial charge in [0.1, 0.15) is 6.10 Å². The fourth-order valence-corrected chi connectivity index (χ4v) is 13.1. The molecule has 1 N–H and O–H groups in total. The minimum absolute atomic E-state index is 0.0152. The van der Waals surface area contributed by atoms with Crippen molar-refractivity contribution in [2.75, 3.05) is 6.61 Å². The van der Waals surface area contributed by atoms with Gasteiger partial charge in [0.05, 0.1) is 0 Å². The number of allylic oxidation sites excluding steroid dienone is 6. The van der Waals surface area contributed by atoms with Crippen LogP contribution < -0.4 is 0 Å². The van der Waals surface area contributed by atoms with E-state index in [0.29, 0.717) is 36.2 Å². The molecule has 0 aliphatic heterocycles. The van der Waals surface area contributed by atoms with E-state index >= 15 is 0 Å². The highest BCUT2D eigenvalue weighted by atomic mass is 16.5. The maximum Gasteiger partial charge on any atom is 0.306 e. The number of unbranched alkanes of at least 4 members (excludes halogenated alkanes) is 9. The third kappa shape index (κ3) is 8.20. The molecule has 0 aromatic heterocycles. The number of rotatable bonds is 16. The van der Waals surface area contributed by atoms with Gasteiger partial charge in [0.15, 0.2) is 0 Å². The number of aliphatic hydroxyl groups excluding tert-OH is 1. The van der Waals surface area contributed by atoms with Gasteiger partial charge in [-0.25, -0.2) is 0 Å². The summed E-state index contributed by atoms with van der Waals surface area (Å²) in [5.74, 6) is 1.78. The maximum absolute atomic E-state index is 13.2. The Balaban J connectivity index is 1.11. The average molecular weight is 705 g/mol. The summed E-state index contributed by atoms with van der Waals surface area (Å²) < 4.78 is 6.40. The molecule has 4 fully saturated rings. The quantitative estimate of drug-likeness (QED) is 0.0753. The summed E-state index contributed by atoms with van der Waals surface area (Å²) in [5, 5.41) is 10.8. The number of hydrogen-bond donors (Lipinski definition) is 1. The van der Waals surface area contributed by atoms with Crippen LogP contribution in [0.25, 0.3) is 0 Å². The number of carbonyl (C=O) groups excluding carboxylic acids is 1. The van der Waals surface area contributed by atoms with Gasteiger partial charge in [-0.05, 0) is 136 Å². The van der Waals surface area contributed by atoms with Crippen molar-refractivity contribution in [3.63, 3.8) is 0 Å². The lowest BCUT2D eigenvalue weighted by molar-refractivity contribution is -0.213. The normalized spacial score (nSPS) is 38.4. The molecule has 0 saturated heterocycles. The molecule has 3 heteroatoms. The van der Waals surface area contributed by atoms with Crippen molar-refractivity contribution in [2.45, 2.75) is 203 Å². The Kier molecular flexibility index (Phi) is 13.3. The van der Waals surface area contributed by atoms with Crippen LogP contribution in [0.4, 0.5) is 0 Å². The molecule has 0 heterocycles. The molecule has 0 aromatic rings. The molecular weight excluding hydrogens is 625 g/mol. The first kappa shape index (κ1) is 40.8. The largest absolute Gasteiger partial charge is 0.462 e. The van der Waals surface area contributed by atoms with Gasteiger partial charge < -0.3 is 9.84 Å². The van der Waals surface area contributed by atoms with Gasteiger partial charge in [0.25, 0.3) is 0 Å². The second-order valence-corrected chi connectivity index (χ2v) is 20.6. The van der Waals surface area contributed by atoms with Gasteiger partial charge in [0, 0.05) is 23.9 Å². The molecule has 0 aromatic carbocycles. The molecule has 0 radical (unpaired) electrons. The predicted octanol–water partition coefficient (Wildman–Crippen LogP) is 13.5. The van der Waals surface area contributed by atoms with Crippen LogP contribution in [-0.4, -0.2) is 23.8 Å². The molecule has 5 aliphatic rings. The smallest absolute Gasteiger partial charge is 0.306 e. The summed E-state index contributed by atoms with van der Waals surface area (Å²) in [7, 11) is 0. The lowest BCUT2D eigenvalue weighted by Gasteiger charge is -2.71. The van der Waals surface area contributed by atoms with Crippen LogP contribution in [0.2, 0.25) is 0 Å². The SMILES string of the molecule is CCCCCC/C=C\C=C/CCCCCCCC(=O)O[C@H]1CC[C@]2(C)[C@H]3CC=C4[C@@H]5CC(C)(C)CC[C@]5(CO)CC[C@@]4(C)[C@]3(C)CC[C@H]2C1(C)C. The van der Waals surface area contributed by atoms with E-state index in [1.54, 1.807) is 5.57 Å². The number of carbonyl (C=O) groups is 1. The lowest BCUT2D eigenvalue weighted by atomic mass is 9.33. The minimum Gasteiger partial charge on any atom is -0.462 e. The summed E-state index contributed by atoms with van der Waals surface area (Å²) in [4.78, 5) is 13.2. The number of hydrogen-bond acceptors (Lipinski definition) is 3. The van der Waals surface area contributed by atoms with E-state index in [-0.39, 0.29) is 39.1 Å². The second kappa shape index (κ2) is 16.6. The highest BCUT2D eigenvalue weighted by Crippen LogP contribution is 2.75. The molecule has 4 saturated carbocycles. The molecule has 5 rings (SSSR count). The van der Waals surface area contributed by atoms with Crippen molar-refractivity contribution in [3.8, 4) is 0 Å². The summed E-state index contributed by atoms with van der Waals surface area (Å²) in [5.41, 5.74) is 2.89. The van der Waals surface area contributed by atoms with Crippen LogP contribution >= 0.6 is 0 Å². The van der Waals surface area contributed by atoms with E-state index in [1.807, 2.05) is 0 Å². The summed E-state index contributed by atoms with van der Waals surface area (Å²) in [6, 6.07) is 0. The van der Waals surface area contributed by atoms with Gasteiger partial charge >= 0.3 is 5.97 Å². The Hall–Kier alpha value is -1.35. The fourth-order valence-electron chi connectivity index (χ4n) is 13.1. The molecule has 0 unspecified atom stereocenters. The minimum atomic E-state index is -0.0152. The Morgan fingerprint density at radius 1 is 0.784 bits per heavy atom. The van der Waals surface area contributed by atoms with Crippen molar-refractivity contribution in [2.24, 2.45) is 50.2 Å². The fraction of sp³-hybridized carbons (Fsp3) is 0.854. The molecule has 0 spiro atoms. The molecule has 5 aliphatic carbocycles. The first-order valence-corrected chi connectivity index (χ1v) is 22.0. The summed E-state index contributed by atoms with van der Waals surface area (Å²) >= 11 is 0. The zero-order valence-corrected chi connectivity index (χ0v) is 34.7. The number of esters is 1. The van der Waals surface area contributed by atoms with Crippen molar-refractivity contribution in [3.05, 3.63) is 36.0 Å². The first-order chi connectivity index (χ1) is 24.2.